The summed E-state index contributed by atoms with van der Waals surface area (Å²) in [5.74, 6) is -0.332. The summed E-state index contributed by atoms with van der Waals surface area (Å²) in [7, 11) is 0. The Morgan fingerprint density at radius 1 is 1.13 bits per heavy atom. The molecule has 0 saturated carbocycles. The largest absolute Gasteiger partial charge is 0.450 e. The number of hydrogen-bond acceptors (Lipinski definition) is 8. The van der Waals surface area contributed by atoms with E-state index in [4.69, 9.17) is 10.5 Å². The number of nitrogens with one attached hydrogen (secondary N) is 3. The molecule has 0 aliphatic carbocycles. The van der Waals surface area contributed by atoms with Gasteiger partial charge in [-0.25, -0.2) is 15.2 Å². The van der Waals surface area contributed by atoms with Crippen molar-refractivity contribution in [3.05, 3.63) is 88.0 Å². The molecule has 5 N–H and O–H groups in total. The molecular weight excluding hydrogens is 400 g/mol. The van der Waals surface area contributed by atoms with Crippen LogP contribution in [0.2, 0.25) is 0 Å². The highest BCUT2D eigenvalue weighted by atomic mass is 16.6. The number of carbonyl (C=O) groups is 1. The van der Waals surface area contributed by atoms with Crippen molar-refractivity contribution in [3.63, 3.8) is 0 Å². The predicted octanol–water partition coefficient (Wildman–Crippen LogP) is 3.85. The number of nitrogens with zero attached hydrogens (tertiary/aromatic N) is 2. The summed E-state index contributed by atoms with van der Waals surface area (Å²) in [5, 5.41) is 14.0. The van der Waals surface area contributed by atoms with Crippen LogP contribution in [-0.4, -0.2) is 22.6 Å². The summed E-state index contributed by atoms with van der Waals surface area (Å²) in [4.78, 5) is 26.5. The van der Waals surface area contributed by atoms with Gasteiger partial charge in [-0.05, 0) is 18.1 Å². The lowest BCUT2D eigenvalue weighted by atomic mass is 9.99. The van der Waals surface area contributed by atoms with Crippen molar-refractivity contribution in [1.29, 1.82) is 0 Å². The van der Waals surface area contributed by atoms with Gasteiger partial charge in [0.2, 0.25) is 5.82 Å². The van der Waals surface area contributed by atoms with Gasteiger partial charge in [0, 0.05) is 6.07 Å². The number of hydrogen-bond donors (Lipinski definition) is 4. The van der Waals surface area contributed by atoms with Crippen molar-refractivity contribution in [2.24, 2.45) is 0 Å². The highest BCUT2D eigenvalue weighted by molar-refractivity contribution is 5.86. The standard InChI is InChI=1S/C21H22N6O4/c1-2-31-21(28)24-17-13-16(19(27(29)30)20(22)23-17)25-26-18(14-9-5-3-6-10-14)15-11-7-4-8-12-15/h3-13,18,26H,2H2,1H3,(H4,22,23,24,25,28). The van der Waals surface area contributed by atoms with E-state index in [2.05, 4.69) is 21.2 Å². The molecule has 0 radical (unpaired) electrons. The number of aromatic nitrogens is 1. The van der Waals surface area contributed by atoms with Gasteiger partial charge in [-0.3, -0.25) is 15.4 Å². The number of nitrogens with two attached hydrogens (primary N) is 1. The smallest absolute Gasteiger partial charge is 0.412 e. The van der Waals surface area contributed by atoms with Crippen LogP contribution in [0, 0.1) is 10.1 Å². The van der Waals surface area contributed by atoms with E-state index in [0.717, 1.165) is 11.1 Å². The Balaban J connectivity index is 1.92. The molecule has 0 atom stereocenters. The average Bonchev–Trinajstić information content (AvgIpc) is 2.75. The second-order valence-corrected chi connectivity index (χ2v) is 6.42. The molecule has 160 valence electrons. The van der Waals surface area contributed by atoms with Crippen molar-refractivity contribution in [2.45, 2.75) is 13.0 Å². The maximum atomic E-state index is 11.7. The molecule has 0 unspecified atom stereocenters. The van der Waals surface area contributed by atoms with Crippen LogP contribution in [-0.2, 0) is 4.74 Å². The monoisotopic (exact) mass is 422 g/mol. The van der Waals surface area contributed by atoms with E-state index in [0.29, 0.717) is 0 Å². The summed E-state index contributed by atoms with van der Waals surface area (Å²) in [5.41, 5.74) is 13.3. The van der Waals surface area contributed by atoms with E-state index in [9.17, 15) is 14.9 Å². The van der Waals surface area contributed by atoms with Crippen molar-refractivity contribution < 1.29 is 14.5 Å². The van der Waals surface area contributed by atoms with E-state index in [-0.39, 0.29) is 30.0 Å². The highest BCUT2D eigenvalue weighted by Crippen LogP contribution is 2.32. The average molecular weight is 422 g/mol. The molecule has 1 amide bonds. The van der Waals surface area contributed by atoms with Crippen LogP contribution < -0.4 is 21.9 Å². The van der Waals surface area contributed by atoms with Gasteiger partial charge in [-0.15, -0.1) is 0 Å². The van der Waals surface area contributed by atoms with E-state index < -0.39 is 16.7 Å². The minimum atomic E-state index is -0.742. The van der Waals surface area contributed by atoms with Crippen LogP contribution >= 0.6 is 0 Å². The fourth-order valence-electron chi connectivity index (χ4n) is 2.98. The molecular formula is C21H22N6O4. The Bertz CT molecular complexity index is 1010. The number of nitrogen functional groups attached to an aromatic ring is 1. The zero-order chi connectivity index (χ0) is 22.2. The first-order valence-electron chi connectivity index (χ1n) is 9.49. The van der Waals surface area contributed by atoms with Crippen LogP contribution in [0.4, 0.5) is 27.8 Å². The van der Waals surface area contributed by atoms with E-state index in [1.54, 1.807) is 6.92 Å². The van der Waals surface area contributed by atoms with Gasteiger partial charge >= 0.3 is 11.8 Å². The zero-order valence-corrected chi connectivity index (χ0v) is 16.7. The number of nitro groups is 1. The SMILES string of the molecule is CCOC(=O)Nc1cc(NNC(c2ccccc2)c2ccccc2)c([N+](=O)[O-])c(N)n1. The van der Waals surface area contributed by atoms with Crippen LogP contribution in [0.25, 0.3) is 0 Å². The molecule has 0 aliphatic rings. The molecule has 10 nitrogen and oxygen atoms in total. The van der Waals surface area contributed by atoms with Gasteiger partial charge in [-0.1, -0.05) is 60.7 Å². The van der Waals surface area contributed by atoms with Crippen molar-refractivity contribution in [3.8, 4) is 0 Å². The lowest BCUT2D eigenvalue weighted by Crippen LogP contribution is -2.29. The third kappa shape index (κ3) is 5.46. The van der Waals surface area contributed by atoms with Gasteiger partial charge in [0.05, 0.1) is 17.6 Å². The number of carbonyl (C=O) groups excluding carboxylic acids is 1. The molecule has 10 heteroatoms. The highest BCUT2D eigenvalue weighted by Gasteiger charge is 2.23. The number of rotatable bonds is 8. The van der Waals surface area contributed by atoms with Crippen molar-refractivity contribution >= 4 is 29.1 Å². The Labute approximate surface area is 178 Å². The van der Waals surface area contributed by atoms with Crippen molar-refractivity contribution in [1.82, 2.24) is 10.4 Å². The Hall–Kier alpha value is -4.18. The maximum absolute atomic E-state index is 11.7. The molecule has 1 aromatic heterocycles. The van der Waals surface area contributed by atoms with Crippen LogP contribution in [0.3, 0.4) is 0 Å². The molecule has 0 spiro atoms. The molecule has 0 bridgehead atoms. The quantitative estimate of drug-likeness (QED) is 0.316. The van der Waals surface area contributed by atoms with Gasteiger partial charge in [0.15, 0.2) is 0 Å². The van der Waals surface area contributed by atoms with E-state index in [1.165, 1.54) is 6.07 Å². The Morgan fingerprint density at radius 3 is 2.23 bits per heavy atom. The molecule has 1 heterocycles. The number of amides is 1. The molecule has 31 heavy (non-hydrogen) atoms. The summed E-state index contributed by atoms with van der Waals surface area (Å²) in [6.07, 6.45) is -0.742. The minimum absolute atomic E-state index is 0.0156. The van der Waals surface area contributed by atoms with Crippen molar-refractivity contribution in [2.75, 3.05) is 23.1 Å². The normalized spacial score (nSPS) is 10.5. The summed E-state index contributed by atoms with van der Waals surface area (Å²) >= 11 is 0. The summed E-state index contributed by atoms with van der Waals surface area (Å²) in [6.45, 7) is 1.82. The molecule has 2 aromatic carbocycles. The molecule has 3 aromatic rings. The topological polar surface area (TPSA) is 144 Å². The number of ether oxygens (including phenoxy) is 1. The van der Waals surface area contributed by atoms with Gasteiger partial charge in [0.25, 0.3) is 0 Å². The molecule has 0 fully saturated rings. The van der Waals surface area contributed by atoms with E-state index >= 15 is 0 Å². The van der Waals surface area contributed by atoms with Crippen LogP contribution in [0.15, 0.2) is 66.7 Å². The third-order valence-electron chi connectivity index (χ3n) is 4.32. The lowest BCUT2D eigenvalue weighted by molar-refractivity contribution is -0.383. The lowest BCUT2D eigenvalue weighted by Gasteiger charge is -2.21. The fourth-order valence-corrected chi connectivity index (χ4v) is 2.98. The number of anilines is 3. The number of hydrazine groups is 1. The fraction of sp³-hybridized carbons (Fsp3) is 0.143. The number of pyridine rings is 1. The van der Waals surface area contributed by atoms with Gasteiger partial charge in [0.1, 0.15) is 11.5 Å². The first-order valence-corrected chi connectivity index (χ1v) is 9.49. The molecule has 3 rings (SSSR count). The second-order valence-electron chi connectivity index (χ2n) is 6.42. The van der Waals surface area contributed by atoms with Gasteiger partial charge < -0.3 is 15.9 Å². The zero-order valence-electron chi connectivity index (χ0n) is 16.7. The third-order valence-corrected chi connectivity index (χ3v) is 4.32. The Morgan fingerprint density at radius 2 is 1.71 bits per heavy atom. The first kappa shape index (κ1) is 21.5. The summed E-state index contributed by atoms with van der Waals surface area (Å²) < 4.78 is 4.82. The van der Waals surface area contributed by atoms with Crippen LogP contribution in [0.5, 0.6) is 0 Å². The Kier molecular flexibility index (Phi) is 6.97. The second kappa shape index (κ2) is 10.0. The molecule has 0 aliphatic heterocycles. The summed E-state index contributed by atoms with van der Waals surface area (Å²) in [6, 6.07) is 20.2. The minimum Gasteiger partial charge on any atom is -0.450 e. The predicted molar refractivity (Wildman–Crippen MR) is 117 cm³/mol. The van der Waals surface area contributed by atoms with E-state index in [1.807, 2.05) is 60.7 Å². The maximum Gasteiger partial charge on any atom is 0.412 e. The van der Waals surface area contributed by atoms with Crippen LogP contribution in [0.1, 0.15) is 24.1 Å². The number of benzene rings is 2. The molecule has 0 saturated heterocycles. The van der Waals surface area contributed by atoms with Gasteiger partial charge in [-0.2, -0.15) is 0 Å². The first-order chi connectivity index (χ1) is 15.0.